The maximum Gasteiger partial charge on any atom is 0.261 e. The number of nitrogens with one attached hydrogen (secondary N) is 3. The van der Waals surface area contributed by atoms with E-state index in [9.17, 15) is 14.4 Å². The average Bonchev–Trinajstić information content (AvgIpc) is 3.11. The van der Waals surface area contributed by atoms with Crippen LogP contribution in [0.25, 0.3) is 0 Å². The highest BCUT2D eigenvalue weighted by atomic mass is 35.5. The summed E-state index contributed by atoms with van der Waals surface area (Å²) in [5.41, 5.74) is 2.76. The van der Waals surface area contributed by atoms with Crippen LogP contribution in [0.1, 0.15) is 50.4 Å². The quantitative estimate of drug-likeness (QED) is 0.408. The van der Waals surface area contributed by atoms with Gasteiger partial charge in [0.25, 0.3) is 11.8 Å². The molecule has 1 fully saturated rings. The summed E-state index contributed by atoms with van der Waals surface area (Å²) in [5.74, 6) is -0.375. The summed E-state index contributed by atoms with van der Waals surface area (Å²) in [6.07, 6.45) is 3.00. The van der Waals surface area contributed by atoms with Gasteiger partial charge in [0.2, 0.25) is 5.91 Å². The Hall–Kier alpha value is -3.16. The van der Waals surface area contributed by atoms with Crippen LogP contribution in [-0.4, -0.2) is 17.7 Å². The van der Waals surface area contributed by atoms with Crippen LogP contribution in [0, 0.1) is 12.8 Å². The van der Waals surface area contributed by atoms with Gasteiger partial charge in [-0.25, -0.2) is 0 Å². The van der Waals surface area contributed by atoms with E-state index in [4.69, 9.17) is 11.6 Å². The molecule has 2 aromatic carbocycles. The zero-order valence-corrected chi connectivity index (χ0v) is 19.7. The molecule has 3 amide bonds. The molecule has 0 atom stereocenters. The minimum Gasteiger partial charge on any atom is -0.347 e. The van der Waals surface area contributed by atoms with E-state index in [1.165, 1.54) is 11.3 Å². The number of thiophene rings is 1. The van der Waals surface area contributed by atoms with Gasteiger partial charge in [-0.2, -0.15) is 0 Å². The summed E-state index contributed by atoms with van der Waals surface area (Å²) in [6.45, 7) is 2.15. The van der Waals surface area contributed by atoms with Gasteiger partial charge in [0.15, 0.2) is 0 Å². The second kappa shape index (κ2) is 10.2. The Balaban J connectivity index is 1.36. The van der Waals surface area contributed by atoms with E-state index >= 15 is 0 Å². The molecular weight excluding hydrogens is 458 g/mol. The number of carbonyl (C=O) groups excluding carboxylic acids is 3. The molecule has 0 aliphatic heterocycles. The van der Waals surface area contributed by atoms with Gasteiger partial charge in [-0.15, -0.1) is 11.3 Å². The van der Waals surface area contributed by atoms with Crippen molar-refractivity contribution >= 4 is 51.3 Å². The van der Waals surface area contributed by atoms with E-state index in [1.807, 2.05) is 31.2 Å². The lowest BCUT2D eigenvalue weighted by atomic mass is 9.85. The second-order valence-electron chi connectivity index (χ2n) is 8.06. The number of hydrogen-bond donors (Lipinski definition) is 3. The highest BCUT2D eigenvalue weighted by Gasteiger charge is 2.25. The van der Waals surface area contributed by atoms with Gasteiger partial charge in [-0.1, -0.05) is 42.3 Å². The molecule has 3 aromatic rings. The first-order chi connectivity index (χ1) is 15.9. The highest BCUT2D eigenvalue weighted by Crippen LogP contribution is 2.29. The van der Waals surface area contributed by atoms with Gasteiger partial charge in [-0.05, 0) is 61.2 Å². The summed E-state index contributed by atoms with van der Waals surface area (Å²) in [5, 5.41) is 9.62. The minimum atomic E-state index is -0.324. The Kier molecular flexibility index (Phi) is 7.11. The number of rotatable bonds is 7. The van der Waals surface area contributed by atoms with Crippen molar-refractivity contribution in [2.45, 2.75) is 32.7 Å². The molecule has 1 aliphatic carbocycles. The van der Waals surface area contributed by atoms with Crippen molar-refractivity contribution in [3.05, 3.63) is 81.2 Å². The van der Waals surface area contributed by atoms with E-state index in [2.05, 4.69) is 16.0 Å². The number of hydrogen-bond acceptors (Lipinski definition) is 4. The number of carbonyl (C=O) groups is 3. The third-order valence-corrected chi connectivity index (χ3v) is 7.08. The van der Waals surface area contributed by atoms with Crippen LogP contribution in [-0.2, 0) is 11.3 Å². The van der Waals surface area contributed by atoms with Crippen LogP contribution in [0.5, 0.6) is 0 Å². The lowest BCUT2D eigenvalue weighted by molar-refractivity contribution is -0.122. The van der Waals surface area contributed by atoms with Gasteiger partial charge in [0.1, 0.15) is 0 Å². The van der Waals surface area contributed by atoms with Gasteiger partial charge < -0.3 is 16.0 Å². The molecule has 6 nitrogen and oxygen atoms in total. The van der Waals surface area contributed by atoms with Crippen LogP contribution in [0.4, 0.5) is 10.7 Å². The maximum atomic E-state index is 12.8. The van der Waals surface area contributed by atoms with Crippen LogP contribution in [0.15, 0.2) is 54.6 Å². The smallest absolute Gasteiger partial charge is 0.261 e. The van der Waals surface area contributed by atoms with E-state index in [-0.39, 0.29) is 23.6 Å². The van der Waals surface area contributed by atoms with E-state index in [1.54, 1.807) is 30.3 Å². The predicted molar refractivity (Wildman–Crippen MR) is 132 cm³/mol. The molecule has 0 radical (unpaired) electrons. The Morgan fingerprint density at radius 1 is 1.00 bits per heavy atom. The SMILES string of the molecule is Cc1cc(NC(=O)c2ccccc2Cl)sc1C(=O)NCc1cccc(NC(=O)C2CCC2)c1. The van der Waals surface area contributed by atoms with Crippen molar-refractivity contribution in [1.29, 1.82) is 0 Å². The molecule has 0 unspecified atom stereocenters. The van der Waals surface area contributed by atoms with Crippen LogP contribution >= 0.6 is 22.9 Å². The zero-order chi connectivity index (χ0) is 23.4. The minimum absolute atomic E-state index is 0.0583. The second-order valence-corrected chi connectivity index (χ2v) is 9.52. The standard InChI is InChI=1S/C25H24ClN3O3S/c1-15-12-21(29-24(31)19-10-2-3-11-20(19)26)33-22(15)25(32)27-14-16-6-4-9-18(13-16)28-23(30)17-7-5-8-17/h2-4,6,9-13,17H,5,7-8,14H2,1H3,(H,27,32)(H,28,30)(H,29,31). The molecule has 33 heavy (non-hydrogen) atoms. The Bertz CT molecular complexity index is 1200. The van der Waals surface area contributed by atoms with Gasteiger partial charge >= 0.3 is 0 Å². The first-order valence-corrected chi connectivity index (χ1v) is 11.9. The van der Waals surface area contributed by atoms with Crippen molar-refractivity contribution in [3.63, 3.8) is 0 Å². The molecular formula is C25H24ClN3O3S. The molecule has 8 heteroatoms. The van der Waals surface area contributed by atoms with Crippen molar-refractivity contribution in [2.75, 3.05) is 10.6 Å². The van der Waals surface area contributed by atoms with Crippen LogP contribution in [0.3, 0.4) is 0 Å². The molecule has 1 saturated carbocycles. The largest absolute Gasteiger partial charge is 0.347 e. The zero-order valence-electron chi connectivity index (χ0n) is 18.1. The monoisotopic (exact) mass is 481 g/mol. The van der Waals surface area contributed by atoms with Gasteiger partial charge in [0.05, 0.1) is 20.5 Å². The van der Waals surface area contributed by atoms with Crippen molar-refractivity contribution < 1.29 is 14.4 Å². The molecule has 1 heterocycles. The highest BCUT2D eigenvalue weighted by molar-refractivity contribution is 7.18. The number of amides is 3. The van der Waals surface area contributed by atoms with Gasteiger partial charge in [-0.3, -0.25) is 14.4 Å². The fourth-order valence-electron chi connectivity index (χ4n) is 3.53. The summed E-state index contributed by atoms with van der Waals surface area (Å²) in [4.78, 5) is 37.9. The molecule has 170 valence electrons. The maximum absolute atomic E-state index is 12.8. The Morgan fingerprint density at radius 3 is 2.52 bits per heavy atom. The third kappa shape index (κ3) is 5.61. The first-order valence-electron chi connectivity index (χ1n) is 10.7. The topological polar surface area (TPSA) is 87.3 Å². The number of halogens is 1. The lowest BCUT2D eigenvalue weighted by Gasteiger charge is -2.24. The van der Waals surface area contributed by atoms with E-state index in [0.29, 0.717) is 27.0 Å². The van der Waals surface area contributed by atoms with Gasteiger partial charge in [0, 0.05) is 18.2 Å². The Labute approximate surface area is 201 Å². The lowest BCUT2D eigenvalue weighted by Crippen LogP contribution is -2.28. The Morgan fingerprint density at radius 2 is 1.79 bits per heavy atom. The molecule has 0 saturated heterocycles. The molecule has 0 spiro atoms. The molecule has 3 N–H and O–H groups in total. The summed E-state index contributed by atoms with van der Waals surface area (Å²) < 4.78 is 0. The molecule has 1 aliphatic rings. The third-order valence-electron chi connectivity index (χ3n) is 5.60. The number of benzene rings is 2. The average molecular weight is 482 g/mol. The summed E-state index contributed by atoms with van der Waals surface area (Å²) >= 11 is 7.30. The molecule has 1 aromatic heterocycles. The summed E-state index contributed by atoms with van der Waals surface area (Å²) in [6, 6.07) is 16.0. The fourth-order valence-corrected chi connectivity index (χ4v) is 4.74. The first kappa shape index (κ1) is 23.0. The van der Waals surface area contributed by atoms with Crippen molar-refractivity contribution in [1.82, 2.24) is 5.32 Å². The van der Waals surface area contributed by atoms with Crippen LogP contribution < -0.4 is 16.0 Å². The molecule has 4 rings (SSSR count). The predicted octanol–water partition coefficient (Wildman–Crippen LogP) is 5.63. The number of anilines is 2. The summed E-state index contributed by atoms with van der Waals surface area (Å²) in [7, 11) is 0. The van der Waals surface area contributed by atoms with E-state index < -0.39 is 0 Å². The van der Waals surface area contributed by atoms with Crippen molar-refractivity contribution in [2.24, 2.45) is 5.92 Å². The number of aryl methyl sites for hydroxylation is 1. The molecule has 0 bridgehead atoms. The fraction of sp³-hybridized carbons (Fsp3) is 0.240. The van der Waals surface area contributed by atoms with Crippen molar-refractivity contribution in [3.8, 4) is 0 Å². The normalized spacial score (nSPS) is 13.2. The van der Waals surface area contributed by atoms with E-state index in [0.717, 1.165) is 36.1 Å². The van der Waals surface area contributed by atoms with Crippen LogP contribution in [0.2, 0.25) is 5.02 Å².